The van der Waals surface area contributed by atoms with Crippen LogP contribution in [-0.4, -0.2) is 17.6 Å². The molecule has 2 atom stereocenters. The summed E-state index contributed by atoms with van der Waals surface area (Å²) in [7, 11) is 0. The van der Waals surface area contributed by atoms with E-state index in [2.05, 4.69) is 5.32 Å². The number of benzene rings is 3. The van der Waals surface area contributed by atoms with E-state index in [1.807, 2.05) is 61.5 Å². The van der Waals surface area contributed by atoms with Crippen LogP contribution in [0.15, 0.2) is 78.9 Å². The van der Waals surface area contributed by atoms with Crippen LogP contribution in [0.5, 0.6) is 0 Å². The molecule has 0 radical (unpaired) electrons. The Morgan fingerprint density at radius 3 is 2.42 bits per heavy atom. The first-order chi connectivity index (χ1) is 15.1. The predicted octanol–water partition coefficient (Wildman–Crippen LogP) is 5.74. The number of anilines is 2. The van der Waals surface area contributed by atoms with E-state index in [1.54, 1.807) is 18.2 Å². The Kier molecular flexibility index (Phi) is 6.37. The van der Waals surface area contributed by atoms with Crippen molar-refractivity contribution in [2.45, 2.75) is 24.6 Å². The first-order valence-corrected chi connectivity index (χ1v) is 11.3. The molecule has 2 amide bonds. The van der Waals surface area contributed by atoms with Gasteiger partial charge in [0.15, 0.2) is 0 Å². The minimum Gasteiger partial charge on any atom is -0.326 e. The van der Waals surface area contributed by atoms with Gasteiger partial charge in [0, 0.05) is 5.69 Å². The van der Waals surface area contributed by atoms with Crippen molar-refractivity contribution in [3.63, 3.8) is 0 Å². The first-order valence-electron chi connectivity index (χ1n) is 10.2. The zero-order valence-corrected chi connectivity index (χ0v) is 17.9. The second-order valence-corrected chi connectivity index (χ2v) is 8.43. The van der Waals surface area contributed by atoms with Crippen molar-refractivity contribution in [2.24, 2.45) is 0 Å². The number of hydrogen-bond donors (Lipinski definition) is 1. The van der Waals surface area contributed by atoms with E-state index in [-0.39, 0.29) is 28.8 Å². The van der Waals surface area contributed by atoms with E-state index in [4.69, 9.17) is 0 Å². The van der Waals surface area contributed by atoms with Crippen molar-refractivity contribution in [3.05, 3.63) is 95.8 Å². The minimum atomic E-state index is -0.418. The van der Waals surface area contributed by atoms with Gasteiger partial charge in [-0.2, -0.15) is 0 Å². The van der Waals surface area contributed by atoms with Crippen LogP contribution in [0.4, 0.5) is 15.8 Å². The summed E-state index contributed by atoms with van der Waals surface area (Å²) >= 11 is 1.46. The van der Waals surface area contributed by atoms with Crippen LogP contribution >= 0.6 is 11.8 Å². The van der Waals surface area contributed by atoms with Gasteiger partial charge in [-0.3, -0.25) is 14.5 Å². The van der Waals surface area contributed by atoms with Crippen molar-refractivity contribution in [3.8, 4) is 0 Å². The maximum absolute atomic E-state index is 14.3. The molecule has 0 unspecified atom stereocenters. The maximum atomic E-state index is 14.3. The van der Waals surface area contributed by atoms with Crippen LogP contribution in [0.25, 0.3) is 0 Å². The smallest absolute Gasteiger partial charge is 0.238 e. The summed E-state index contributed by atoms with van der Waals surface area (Å²) in [4.78, 5) is 26.8. The van der Waals surface area contributed by atoms with Crippen molar-refractivity contribution >= 4 is 35.0 Å². The normalized spacial score (nSPS) is 16.9. The molecule has 158 valence electrons. The monoisotopic (exact) mass is 434 g/mol. The van der Waals surface area contributed by atoms with E-state index >= 15 is 0 Å². The van der Waals surface area contributed by atoms with Crippen LogP contribution in [0.2, 0.25) is 0 Å². The van der Waals surface area contributed by atoms with Crippen molar-refractivity contribution in [1.82, 2.24) is 0 Å². The van der Waals surface area contributed by atoms with Crippen molar-refractivity contribution in [1.29, 1.82) is 0 Å². The van der Waals surface area contributed by atoms with Gasteiger partial charge in [-0.05, 0) is 41.8 Å². The van der Waals surface area contributed by atoms with Gasteiger partial charge in [0.1, 0.15) is 11.2 Å². The van der Waals surface area contributed by atoms with Gasteiger partial charge < -0.3 is 5.32 Å². The molecule has 1 N–H and O–H groups in total. The second kappa shape index (κ2) is 9.35. The summed E-state index contributed by atoms with van der Waals surface area (Å²) in [5.41, 5.74) is 2.84. The van der Waals surface area contributed by atoms with Crippen LogP contribution in [0, 0.1) is 5.82 Å². The highest BCUT2D eigenvalue weighted by Gasteiger charge is 2.35. The largest absolute Gasteiger partial charge is 0.326 e. The van der Waals surface area contributed by atoms with Crippen molar-refractivity contribution in [2.75, 3.05) is 16.0 Å². The zero-order chi connectivity index (χ0) is 21.8. The van der Waals surface area contributed by atoms with Crippen LogP contribution in [-0.2, 0) is 9.59 Å². The van der Waals surface area contributed by atoms with Crippen LogP contribution < -0.4 is 10.2 Å². The molecule has 0 aliphatic carbocycles. The number of rotatable bonds is 6. The number of hydrogen-bond acceptors (Lipinski definition) is 3. The van der Waals surface area contributed by atoms with Gasteiger partial charge in [0.05, 0.1) is 17.4 Å². The highest BCUT2D eigenvalue weighted by atomic mass is 32.2. The molecule has 1 fully saturated rings. The number of nitrogens with zero attached hydrogens (tertiary/aromatic N) is 1. The lowest BCUT2D eigenvalue weighted by atomic mass is 9.95. The molecule has 1 aliphatic heterocycles. The first kappa shape index (κ1) is 21.1. The predicted molar refractivity (Wildman–Crippen MR) is 124 cm³/mol. The number of nitrogens with one attached hydrogen (secondary N) is 1. The SMILES string of the molecule is CC[C@@H](C(=O)Nc1ccc([C@H]2SCC(=O)N2c2ccccc2F)cc1)c1ccccc1. The molecule has 3 aromatic rings. The number of carbonyl (C=O) groups is 2. The molecule has 3 aromatic carbocycles. The fourth-order valence-electron chi connectivity index (χ4n) is 3.80. The summed E-state index contributed by atoms with van der Waals surface area (Å²) in [5.74, 6) is -0.516. The molecule has 4 rings (SSSR count). The minimum absolute atomic E-state index is 0.0557. The molecule has 4 nitrogen and oxygen atoms in total. The Bertz CT molecular complexity index is 1070. The van der Waals surface area contributed by atoms with Gasteiger partial charge in [-0.25, -0.2) is 4.39 Å². The van der Waals surface area contributed by atoms with Gasteiger partial charge in [0.2, 0.25) is 11.8 Å². The molecular weight excluding hydrogens is 411 g/mol. The number of amides is 2. The van der Waals surface area contributed by atoms with Gasteiger partial charge in [-0.1, -0.05) is 61.5 Å². The lowest BCUT2D eigenvalue weighted by Crippen LogP contribution is -2.28. The van der Waals surface area contributed by atoms with Crippen molar-refractivity contribution < 1.29 is 14.0 Å². The summed E-state index contributed by atoms with van der Waals surface area (Å²) < 4.78 is 14.3. The summed E-state index contributed by atoms with van der Waals surface area (Å²) in [6, 6.07) is 23.4. The molecule has 1 saturated heterocycles. The second-order valence-electron chi connectivity index (χ2n) is 7.36. The number of para-hydroxylation sites is 1. The lowest BCUT2D eigenvalue weighted by molar-refractivity contribution is -0.118. The molecule has 31 heavy (non-hydrogen) atoms. The van der Waals surface area contributed by atoms with E-state index < -0.39 is 5.82 Å². The Hall–Kier alpha value is -3.12. The third-order valence-corrected chi connectivity index (χ3v) is 6.58. The van der Waals surface area contributed by atoms with Crippen LogP contribution in [0.3, 0.4) is 0 Å². The fraction of sp³-hybridized carbons (Fsp3) is 0.200. The molecule has 0 aromatic heterocycles. The Balaban J connectivity index is 1.51. The molecular formula is C25H23FN2O2S. The maximum Gasteiger partial charge on any atom is 0.238 e. The summed E-state index contributed by atoms with van der Waals surface area (Å²) in [5, 5.41) is 2.68. The molecule has 6 heteroatoms. The van der Waals surface area contributed by atoms with Crippen LogP contribution in [0.1, 0.15) is 35.8 Å². The van der Waals surface area contributed by atoms with Gasteiger partial charge in [-0.15, -0.1) is 11.8 Å². The zero-order valence-electron chi connectivity index (χ0n) is 17.1. The Morgan fingerprint density at radius 2 is 1.74 bits per heavy atom. The molecule has 0 saturated carbocycles. The number of carbonyl (C=O) groups excluding carboxylic acids is 2. The standard InChI is InChI=1S/C25H23FN2O2S/c1-2-20(17-8-4-3-5-9-17)24(30)27-19-14-12-18(13-15-19)25-28(23(29)16-31-25)22-11-7-6-10-21(22)26/h3-15,20,25H,2,16H2,1H3,(H,27,30)/t20-,25-/m1/s1. The number of thioether (sulfide) groups is 1. The highest BCUT2D eigenvalue weighted by Crippen LogP contribution is 2.42. The third-order valence-electron chi connectivity index (χ3n) is 5.37. The highest BCUT2D eigenvalue weighted by molar-refractivity contribution is 8.00. The van der Waals surface area contributed by atoms with E-state index in [0.29, 0.717) is 17.9 Å². The topological polar surface area (TPSA) is 49.4 Å². The number of halogens is 1. The van der Waals surface area contributed by atoms with Gasteiger partial charge >= 0.3 is 0 Å². The Morgan fingerprint density at radius 1 is 1.06 bits per heavy atom. The molecule has 1 heterocycles. The molecule has 1 aliphatic rings. The average molecular weight is 435 g/mol. The Labute approximate surface area is 185 Å². The average Bonchev–Trinajstić information content (AvgIpc) is 3.17. The quantitative estimate of drug-likeness (QED) is 0.538. The lowest BCUT2D eigenvalue weighted by Gasteiger charge is -2.25. The van der Waals surface area contributed by atoms with E-state index in [9.17, 15) is 14.0 Å². The third kappa shape index (κ3) is 4.49. The van der Waals surface area contributed by atoms with E-state index in [0.717, 1.165) is 11.1 Å². The van der Waals surface area contributed by atoms with Gasteiger partial charge in [0.25, 0.3) is 0 Å². The summed E-state index contributed by atoms with van der Waals surface area (Å²) in [6.07, 6.45) is 0.701. The fourth-order valence-corrected chi connectivity index (χ4v) is 4.97. The summed E-state index contributed by atoms with van der Waals surface area (Å²) in [6.45, 7) is 1.99. The molecule has 0 spiro atoms. The van der Waals surface area contributed by atoms with E-state index in [1.165, 1.54) is 22.7 Å². The molecule has 0 bridgehead atoms.